The van der Waals surface area contributed by atoms with E-state index in [9.17, 15) is 19.8 Å². The van der Waals surface area contributed by atoms with Gasteiger partial charge in [-0.1, -0.05) is 114 Å². The number of carboxylic acids is 1. The molecule has 3 amide bonds. The maximum atomic E-state index is 15.7. The molecular formula is C49H55N3O7. The van der Waals surface area contributed by atoms with Crippen LogP contribution in [-0.4, -0.2) is 80.2 Å². The van der Waals surface area contributed by atoms with Gasteiger partial charge in [-0.25, -0.2) is 9.59 Å². The van der Waals surface area contributed by atoms with Crippen molar-refractivity contribution < 1.29 is 34.1 Å². The van der Waals surface area contributed by atoms with E-state index in [1.54, 1.807) is 7.05 Å². The number of rotatable bonds is 16. The largest absolute Gasteiger partial charge is 0.491 e. The lowest BCUT2D eigenvalue weighted by Gasteiger charge is -2.45. The number of hydrogen-bond acceptors (Lipinski definition) is 6. The van der Waals surface area contributed by atoms with Crippen molar-refractivity contribution in [2.45, 2.75) is 97.0 Å². The van der Waals surface area contributed by atoms with E-state index in [0.717, 1.165) is 27.8 Å². The van der Waals surface area contributed by atoms with Crippen LogP contribution in [0, 0.1) is 13.8 Å². The molecule has 0 bridgehead atoms. The first-order valence-corrected chi connectivity index (χ1v) is 20.2. The Balaban J connectivity index is 1.59. The van der Waals surface area contributed by atoms with Crippen molar-refractivity contribution in [3.05, 3.63) is 166 Å². The lowest BCUT2D eigenvalue weighted by molar-refractivity contribution is -0.150. The van der Waals surface area contributed by atoms with Crippen LogP contribution in [0.1, 0.15) is 66.6 Å². The Hall–Kier alpha value is -6.13. The first-order valence-electron chi connectivity index (χ1n) is 20.2. The minimum atomic E-state index is -2.03. The van der Waals surface area contributed by atoms with Crippen LogP contribution in [0.5, 0.6) is 11.5 Å². The summed E-state index contributed by atoms with van der Waals surface area (Å²) in [5, 5.41) is 25.1. The van der Waals surface area contributed by atoms with Gasteiger partial charge < -0.3 is 34.4 Å². The second-order valence-electron chi connectivity index (χ2n) is 16.0. The number of likely N-dealkylation sites (N-methyl/N-ethyl adjacent to an activating group) is 1. The molecule has 5 aromatic rings. The molecule has 10 nitrogen and oxygen atoms in total. The van der Waals surface area contributed by atoms with E-state index in [0.29, 0.717) is 22.6 Å². The minimum absolute atomic E-state index is 0.0128. The third-order valence-corrected chi connectivity index (χ3v) is 10.7. The van der Waals surface area contributed by atoms with Gasteiger partial charge >= 0.3 is 12.0 Å². The van der Waals surface area contributed by atoms with E-state index in [1.807, 2.05) is 169 Å². The minimum Gasteiger partial charge on any atom is -0.491 e. The number of nitrogens with zero attached hydrogens (tertiary/aromatic N) is 3. The molecule has 0 aliphatic carbocycles. The number of aliphatic carboxylic acids is 1. The topological polar surface area (TPSA) is 120 Å². The van der Waals surface area contributed by atoms with Gasteiger partial charge in [0.25, 0.3) is 0 Å². The molecular weight excluding hydrogens is 743 g/mol. The number of aryl methyl sites for hydroxylation is 2. The highest BCUT2D eigenvalue weighted by Crippen LogP contribution is 2.46. The number of urea groups is 1. The second kappa shape index (κ2) is 18.2. The van der Waals surface area contributed by atoms with E-state index < -0.39 is 41.6 Å². The van der Waals surface area contributed by atoms with E-state index >= 15 is 4.79 Å². The fraction of sp³-hybridized carbons (Fsp3) is 0.327. The summed E-state index contributed by atoms with van der Waals surface area (Å²) < 4.78 is 12.9. The van der Waals surface area contributed by atoms with Crippen LogP contribution in [0.15, 0.2) is 127 Å². The van der Waals surface area contributed by atoms with Gasteiger partial charge in [0.15, 0.2) is 6.04 Å². The summed E-state index contributed by atoms with van der Waals surface area (Å²) in [6, 6.07) is 34.4. The molecule has 5 aromatic carbocycles. The van der Waals surface area contributed by atoms with Gasteiger partial charge in [-0.15, -0.1) is 0 Å². The molecule has 0 radical (unpaired) electrons. The number of carboxylic acid groups (broad SMARTS) is 1. The molecule has 0 saturated carbocycles. The molecule has 2 N–H and O–H groups in total. The van der Waals surface area contributed by atoms with Crippen molar-refractivity contribution in [3.63, 3.8) is 0 Å². The lowest BCUT2D eigenvalue weighted by atomic mass is 9.75. The number of hydrogen-bond donors (Lipinski definition) is 2. The molecule has 6 rings (SSSR count). The Morgan fingerprint density at radius 3 is 1.47 bits per heavy atom. The highest BCUT2D eigenvalue weighted by atomic mass is 16.5. The average Bonchev–Trinajstić information content (AvgIpc) is 3.48. The summed E-state index contributed by atoms with van der Waals surface area (Å²) >= 11 is 0. The molecule has 10 heteroatoms. The monoisotopic (exact) mass is 797 g/mol. The van der Waals surface area contributed by atoms with Gasteiger partial charge in [0.2, 0.25) is 5.91 Å². The number of carbonyl (C=O) groups is 3. The van der Waals surface area contributed by atoms with E-state index in [2.05, 4.69) is 0 Å². The average molecular weight is 798 g/mol. The maximum absolute atomic E-state index is 15.7. The zero-order chi connectivity index (χ0) is 42.4. The molecule has 0 aromatic heterocycles. The van der Waals surface area contributed by atoms with Crippen molar-refractivity contribution in [2.24, 2.45) is 0 Å². The Bertz CT molecular complexity index is 2170. The molecule has 1 aliphatic rings. The van der Waals surface area contributed by atoms with Crippen molar-refractivity contribution in [3.8, 4) is 11.5 Å². The molecule has 1 aliphatic heterocycles. The quantitative estimate of drug-likeness (QED) is 0.104. The van der Waals surface area contributed by atoms with Gasteiger partial charge in [0, 0.05) is 31.3 Å². The first kappa shape index (κ1) is 42.5. The first-order chi connectivity index (χ1) is 28.2. The molecule has 1 unspecified atom stereocenters. The Labute approximate surface area is 347 Å². The summed E-state index contributed by atoms with van der Waals surface area (Å²) in [7, 11) is 1.59. The predicted octanol–water partition coefficient (Wildman–Crippen LogP) is 8.14. The molecule has 1 saturated heterocycles. The highest BCUT2D eigenvalue weighted by molar-refractivity contribution is 5.98. The van der Waals surface area contributed by atoms with E-state index in [-0.39, 0.29) is 31.7 Å². The van der Waals surface area contributed by atoms with Gasteiger partial charge in [0.1, 0.15) is 23.1 Å². The van der Waals surface area contributed by atoms with Crippen molar-refractivity contribution in [1.29, 1.82) is 0 Å². The fourth-order valence-corrected chi connectivity index (χ4v) is 8.04. The van der Waals surface area contributed by atoms with Gasteiger partial charge in [-0.3, -0.25) is 4.79 Å². The van der Waals surface area contributed by atoms with Crippen LogP contribution in [0.3, 0.4) is 0 Å². The lowest BCUT2D eigenvalue weighted by Crippen LogP contribution is -2.59. The number of benzene rings is 5. The predicted molar refractivity (Wildman–Crippen MR) is 228 cm³/mol. The van der Waals surface area contributed by atoms with Crippen LogP contribution in [0.2, 0.25) is 0 Å². The highest BCUT2D eigenvalue weighted by Gasteiger charge is 2.56. The Kier molecular flexibility index (Phi) is 13.1. The van der Waals surface area contributed by atoms with Gasteiger partial charge in [-0.05, 0) is 88.9 Å². The van der Waals surface area contributed by atoms with Crippen LogP contribution < -0.4 is 9.47 Å². The molecule has 3 atom stereocenters. The van der Waals surface area contributed by atoms with Gasteiger partial charge in [0.05, 0.1) is 18.2 Å². The normalized spacial score (nSPS) is 16.1. The number of carbonyl (C=O) groups excluding carboxylic acids is 2. The summed E-state index contributed by atoms with van der Waals surface area (Å²) in [5.41, 5.74) is 2.76. The number of aliphatic hydroxyl groups is 1. The molecule has 0 spiro atoms. The molecule has 1 fully saturated rings. The zero-order valence-corrected chi connectivity index (χ0v) is 34.9. The smallest absolute Gasteiger partial charge is 0.329 e. The third-order valence-electron chi connectivity index (χ3n) is 10.7. The van der Waals surface area contributed by atoms with Crippen LogP contribution in [0.4, 0.5) is 4.79 Å². The third kappa shape index (κ3) is 9.29. The number of ether oxygens (including phenoxy) is 2. The van der Waals surface area contributed by atoms with Crippen molar-refractivity contribution >= 4 is 17.9 Å². The van der Waals surface area contributed by atoms with Crippen LogP contribution in [-0.2, 0) is 34.7 Å². The van der Waals surface area contributed by atoms with Gasteiger partial charge in [-0.2, -0.15) is 0 Å². The second-order valence-corrected chi connectivity index (χ2v) is 16.0. The molecule has 59 heavy (non-hydrogen) atoms. The molecule has 308 valence electrons. The molecule has 1 heterocycles. The summed E-state index contributed by atoms with van der Waals surface area (Å²) in [6.45, 7) is 11.5. The standard InChI is InChI=1S/C49H55N3O7/c1-32(2)58-41-25-23-34(5)27-39(41)49(57,40-28-35(6)24-26-42(40)59-33(3)4)43(29-36-17-11-8-12-18-36)50(7)46(53)44-45(47(54)55)52(31-38-21-15-10-16-22-38)48(56)51(44)30-37-19-13-9-14-20-37/h8-28,32-33,43-45,57H,29-31H2,1-7H3,(H,54,55)/t43?,44-,45+/m0/s1. The zero-order valence-electron chi connectivity index (χ0n) is 34.9. The Morgan fingerprint density at radius 2 is 1.07 bits per heavy atom. The SMILES string of the molecule is Cc1ccc(OC(C)C)c(C(O)(c2cc(C)ccc2OC(C)C)C(Cc2ccccc2)N(C)C(=O)[C@@H]2[C@H](C(=O)O)N(Cc3ccccc3)C(=O)N2Cc2ccccc2)c1. The maximum Gasteiger partial charge on any atom is 0.329 e. The fourth-order valence-electron chi connectivity index (χ4n) is 8.04. The van der Waals surface area contributed by atoms with Crippen LogP contribution >= 0.6 is 0 Å². The summed E-state index contributed by atoms with van der Waals surface area (Å²) in [6.07, 6.45) is -0.395. The van der Waals surface area contributed by atoms with Crippen molar-refractivity contribution in [2.75, 3.05) is 7.05 Å². The summed E-state index contributed by atoms with van der Waals surface area (Å²) in [5.74, 6) is -1.12. The Morgan fingerprint density at radius 1 is 0.661 bits per heavy atom. The number of amides is 3. The summed E-state index contributed by atoms with van der Waals surface area (Å²) in [4.78, 5) is 47.8. The van der Waals surface area contributed by atoms with Crippen molar-refractivity contribution in [1.82, 2.24) is 14.7 Å². The van der Waals surface area contributed by atoms with E-state index in [1.165, 1.54) is 14.7 Å². The van der Waals surface area contributed by atoms with E-state index in [4.69, 9.17) is 9.47 Å². The van der Waals surface area contributed by atoms with Crippen LogP contribution in [0.25, 0.3) is 0 Å².